The SMILES string of the molecule is CN1CCc2onc([C@@H]3CCCN3c3ncccn3)c2C1=O. The van der Waals surface area contributed by atoms with Gasteiger partial charge in [-0.2, -0.15) is 0 Å². The molecule has 22 heavy (non-hydrogen) atoms. The fourth-order valence-corrected chi connectivity index (χ4v) is 3.26. The predicted molar refractivity (Wildman–Crippen MR) is 78.5 cm³/mol. The Morgan fingerprint density at radius 1 is 1.27 bits per heavy atom. The van der Waals surface area contributed by atoms with E-state index in [2.05, 4.69) is 20.0 Å². The first-order chi connectivity index (χ1) is 10.8. The fourth-order valence-electron chi connectivity index (χ4n) is 3.26. The van der Waals surface area contributed by atoms with Crippen molar-refractivity contribution in [2.75, 3.05) is 25.0 Å². The number of carbonyl (C=O) groups excluding carboxylic acids is 1. The molecule has 4 rings (SSSR count). The Morgan fingerprint density at radius 2 is 2.09 bits per heavy atom. The maximum Gasteiger partial charge on any atom is 0.259 e. The van der Waals surface area contributed by atoms with Crippen molar-refractivity contribution in [3.63, 3.8) is 0 Å². The standard InChI is InChI=1S/C15H17N5O2/c1-19-9-5-11-12(14(19)21)13(18-22-11)10-4-2-8-20(10)15-16-6-3-7-17-15/h3,6-7,10H,2,4-5,8-9H2,1H3/t10-/m0/s1. The molecular weight excluding hydrogens is 282 g/mol. The van der Waals surface area contributed by atoms with Crippen LogP contribution in [-0.2, 0) is 6.42 Å². The van der Waals surface area contributed by atoms with Gasteiger partial charge >= 0.3 is 0 Å². The number of carbonyl (C=O) groups is 1. The zero-order valence-corrected chi connectivity index (χ0v) is 12.4. The van der Waals surface area contributed by atoms with Crippen LogP contribution in [0.2, 0.25) is 0 Å². The van der Waals surface area contributed by atoms with Gasteiger partial charge in [0.15, 0.2) is 5.76 Å². The molecule has 0 saturated carbocycles. The Bertz CT molecular complexity index is 699. The summed E-state index contributed by atoms with van der Waals surface area (Å²) in [5, 5.41) is 4.22. The van der Waals surface area contributed by atoms with Crippen molar-refractivity contribution < 1.29 is 9.32 Å². The molecule has 0 bridgehead atoms. The summed E-state index contributed by atoms with van der Waals surface area (Å²) in [5.74, 6) is 1.38. The Balaban J connectivity index is 1.73. The van der Waals surface area contributed by atoms with Gasteiger partial charge in [-0.3, -0.25) is 4.79 Å². The van der Waals surface area contributed by atoms with Crippen LogP contribution in [0.3, 0.4) is 0 Å². The van der Waals surface area contributed by atoms with Crippen LogP contribution >= 0.6 is 0 Å². The number of aromatic nitrogens is 3. The number of hydrogen-bond acceptors (Lipinski definition) is 6. The molecule has 0 aromatic carbocycles. The normalized spacial score (nSPS) is 21.3. The number of hydrogen-bond donors (Lipinski definition) is 0. The van der Waals surface area contributed by atoms with E-state index in [0.717, 1.165) is 31.5 Å². The van der Waals surface area contributed by atoms with Crippen molar-refractivity contribution in [2.24, 2.45) is 0 Å². The zero-order chi connectivity index (χ0) is 15.1. The number of amides is 1. The molecule has 2 aliphatic heterocycles. The first kappa shape index (κ1) is 13.2. The summed E-state index contributed by atoms with van der Waals surface area (Å²) in [6.07, 6.45) is 6.13. The lowest BCUT2D eigenvalue weighted by Gasteiger charge is -2.25. The van der Waals surface area contributed by atoms with Crippen molar-refractivity contribution in [2.45, 2.75) is 25.3 Å². The van der Waals surface area contributed by atoms with E-state index in [1.807, 2.05) is 7.05 Å². The van der Waals surface area contributed by atoms with Crippen LogP contribution in [0.1, 0.15) is 40.7 Å². The molecule has 4 heterocycles. The Morgan fingerprint density at radius 3 is 2.91 bits per heavy atom. The summed E-state index contributed by atoms with van der Waals surface area (Å²) in [6, 6.07) is 1.80. The topological polar surface area (TPSA) is 75.4 Å². The van der Waals surface area contributed by atoms with Crippen LogP contribution in [-0.4, -0.2) is 46.1 Å². The Hall–Kier alpha value is -2.44. The molecule has 7 nitrogen and oxygen atoms in total. The van der Waals surface area contributed by atoms with Gasteiger partial charge in [-0.1, -0.05) is 5.16 Å². The second-order valence-corrected chi connectivity index (χ2v) is 5.74. The van der Waals surface area contributed by atoms with E-state index >= 15 is 0 Å². The van der Waals surface area contributed by atoms with Crippen LogP contribution in [0.4, 0.5) is 5.95 Å². The summed E-state index contributed by atoms with van der Waals surface area (Å²) in [5.41, 5.74) is 1.37. The van der Waals surface area contributed by atoms with E-state index < -0.39 is 0 Å². The lowest BCUT2D eigenvalue weighted by molar-refractivity contribution is 0.0773. The summed E-state index contributed by atoms with van der Waals surface area (Å²) in [6.45, 7) is 1.54. The molecule has 0 unspecified atom stereocenters. The van der Waals surface area contributed by atoms with Gasteiger partial charge in [-0.15, -0.1) is 0 Å². The van der Waals surface area contributed by atoms with Crippen molar-refractivity contribution in [1.82, 2.24) is 20.0 Å². The van der Waals surface area contributed by atoms with Gasteiger partial charge in [0.25, 0.3) is 5.91 Å². The third kappa shape index (κ3) is 1.96. The molecule has 0 aliphatic carbocycles. The quantitative estimate of drug-likeness (QED) is 0.835. The third-order valence-corrected chi connectivity index (χ3v) is 4.40. The monoisotopic (exact) mass is 299 g/mol. The minimum absolute atomic E-state index is 0.00155. The van der Waals surface area contributed by atoms with Crippen molar-refractivity contribution in [3.05, 3.63) is 35.5 Å². The van der Waals surface area contributed by atoms with Crippen LogP contribution in [0.5, 0.6) is 0 Å². The van der Waals surface area contributed by atoms with Crippen LogP contribution < -0.4 is 4.90 Å². The summed E-state index contributed by atoms with van der Waals surface area (Å²) >= 11 is 0. The zero-order valence-electron chi connectivity index (χ0n) is 12.4. The highest BCUT2D eigenvalue weighted by Gasteiger charge is 2.38. The lowest BCUT2D eigenvalue weighted by atomic mass is 10.0. The van der Waals surface area contributed by atoms with Gasteiger partial charge in [0.2, 0.25) is 5.95 Å². The van der Waals surface area contributed by atoms with E-state index in [-0.39, 0.29) is 11.9 Å². The Labute approximate surface area is 127 Å². The molecule has 1 fully saturated rings. The van der Waals surface area contributed by atoms with Gasteiger partial charge in [0, 0.05) is 39.0 Å². The van der Waals surface area contributed by atoms with Gasteiger partial charge in [-0.05, 0) is 18.9 Å². The minimum Gasteiger partial charge on any atom is -0.360 e. The maximum atomic E-state index is 12.5. The molecule has 7 heteroatoms. The van der Waals surface area contributed by atoms with Crippen molar-refractivity contribution >= 4 is 11.9 Å². The van der Waals surface area contributed by atoms with Gasteiger partial charge in [0.05, 0.1) is 6.04 Å². The van der Waals surface area contributed by atoms with Crippen LogP contribution in [0.25, 0.3) is 0 Å². The Kier molecular flexibility index (Phi) is 3.06. The van der Waals surface area contributed by atoms with Gasteiger partial charge in [-0.25, -0.2) is 9.97 Å². The van der Waals surface area contributed by atoms with Crippen molar-refractivity contribution in [1.29, 1.82) is 0 Å². The van der Waals surface area contributed by atoms with Crippen molar-refractivity contribution in [3.8, 4) is 0 Å². The highest BCUT2D eigenvalue weighted by atomic mass is 16.5. The number of likely N-dealkylation sites (N-methyl/N-ethyl adjacent to an activating group) is 1. The molecule has 0 spiro atoms. The highest BCUT2D eigenvalue weighted by Crippen LogP contribution is 2.37. The molecule has 0 N–H and O–H groups in total. The molecule has 1 atom stereocenters. The third-order valence-electron chi connectivity index (χ3n) is 4.40. The summed E-state index contributed by atoms with van der Waals surface area (Å²) < 4.78 is 5.44. The molecule has 2 aromatic rings. The fraction of sp³-hybridized carbons (Fsp3) is 0.467. The molecule has 1 saturated heterocycles. The predicted octanol–water partition coefficient (Wildman–Crippen LogP) is 1.43. The molecule has 0 radical (unpaired) electrons. The number of rotatable bonds is 2. The molecule has 2 aliphatic rings. The lowest BCUT2D eigenvalue weighted by Crippen LogP contribution is -2.35. The average Bonchev–Trinajstić information content (AvgIpc) is 3.18. The second-order valence-electron chi connectivity index (χ2n) is 5.74. The average molecular weight is 299 g/mol. The number of nitrogens with zero attached hydrogens (tertiary/aromatic N) is 5. The van der Waals surface area contributed by atoms with Gasteiger partial charge < -0.3 is 14.3 Å². The van der Waals surface area contributed by atoms with E-state index in [1.165, 1.54) is 0 Å². The second kappa shape index (κ2) is 5.08. The molecule has 2 aromatic heterocycles. The number of anilines is 1. The van der Waals surface area contributed by atoms with E-state index in [0.29, 0.717) is 23.8 Å². The van der Waals surface area contributed by atoms with Crippen LogP contribution in [0.15, 0.2) is 23.0 Å². The number of fused-ring (bicyclic) bond motifs is 1. The summed E-state index contributed by atoms with van der Waals surface area (Å²) in [4.78, 5) is 25.0. The maximum absolute atomic E-state index is 12.5. The smallest absolute Gasteiger partial charge is 0.259 e. The van der Waals surface area contributed by atoms with E-state index in [1.54, 1.807) is 23.4 Å². The largest absolute Gasteiger partial charge is 0.360 e. The van der Waals surface area contributed by atoms with Crippen LogP contribution in [0, 0.1) is 0 Å². The first-order valence-electron chi connectivity index (χ1n) is 7.53. The minimum atomic E-state index is -0.00155. The van der Waals surface area contributed by atoms with E-state index in [9.17, 15) is 4.79 Å². The molecule has 1 amide bonds. The molecular formula is C15H17N5O2. The van der Waals surface area contributed by atoms with E-state index in [4.69, 9.17) is 4.52 Å². The molecule has 114 valence electrons. The van der Waals surface area contributed by atoms with Gasteiger partial charge in [0.1, 0.15) is 11.3 Å². The first-order valence-corrected chi connectivity index (χ1v) is 7.53. The summed E-state index contributed by atoms with van der Waals surface area (Å²) in [7, 11) is 1.81. The highest BCUT2D eigenvalue weighted by molar-refractivity contribution is 5.97.